The highest BCUT2D eigenvalue weighted by molar-refractivity contribution is 5.69. The number of hydrogen-bond acceptors (Lipinski definition) is 3. The van der Waals surface area contributed by atoms with Crippen molar-refractivity contribution in [3.63, 3.8) is 0 Å². The molecule has 2 aromatic rings. The van der Waals surface area contributed by atoms with E-state index in [0.717, 1.165) is 12.1 Å². The van der Waals surface area contributed by atoms with Crippen molar-refractivity contribution >= 4 is 6.09 Å². The van der Waals surface area contributed by atoms with E-state index >= 15 is 0 Å². The van der Waals surface area contributed by atoms with Crippen LogP contribution in [0.25, 0.3) is 11.3 Å². The Balaban J connectivity index is 1.45. The fourth-order valence-electron chi connectivity index (χ4n) is 4.75. The first-order valence-electron chi connectivity index (χ1n) is 7.88. The van der Waals surface area contributed by atoms with E-state index in [1.807, 2.05) is 24.7 Å². The van der Waals surface area contributed by atoms with Gasteiger partial charge in [-0.15, -0.1) is 0 Å². The fourth-order valence-corrected chi connectivity index (χ4v) is 4.75. The Kier molecular flexibility index (Phi) is 2.36. The summed E-state index contributed by atoms with van der Waals surface area (Å²) in [4.78, 5) is 16.6. The largest absolute Gasteiger partial charge is 0.465 e. The molecular formula is C17H17N3O3. The number of hydrogen-bond donors (Lipinski definition) is 2. The molecule has 3 unspecified atom stereocenters. The third kappa shape index (κ3) is 1.51. The molecule has 3 aliphatic rings. The maximum Gasteiger partial charge on any atom is 0.407 e. The van der Waals surface area contributed by atoms with Crippen LogP contribution in [0, 0.1) is 11.3 Å². The van der Waals surface area contributed by atoms with Gasteiger partial charge in [-0.2, -0.15) is 0 Å². The molecule has 1 aliphatic carbocycles. The topological polar surface area (TPSA) is 78.6 Å². The summed E-state index contributed by atoms with van der Waals surface area (Å²) in [6.07, 6.45) is 3.20. The average Bonchev–Trinajstić information content (AvgIpc) is 3.06. The molecule has 1 aromatic heterocycles. The smallest absolute Gasteiger partial charge is 0.407 e. The van der Waals surface area contributed by atoms with Gasteiger partial charge < -0.3 is 19.7 Å². The Labute approximate surface area is 133 Å². The number of aromatic nitrogens is 2. The molecule has 1 amide bonds. The van der Waals surface area contributed by atoms with Crippen LogP contribution in [-0.2, 0) is 0 Å². The van der Waals surface area contributed by atoms with Crippen LogP contribution < -0.4 is 0 Å². The molecule has 6 heteroatoms. The van der Waals surface area contributed by atoms with Crippen LogP contribution in [0.2, 0.25) is 0 Å². The van der Waals surface area contributed by atoms with Gasteiger partial charge in [0.25, 0.3) is 0 Å². The molecule has 2 N–H and O–H groups in total. The molecule has 23 heavy (non-hydrogen) atoms. The van der Waals surface area contributed by atoms with E-state index in [-0.39, 0.29) is 17.4 Å². The quantitative estimate of drug-likeness (QED) is 0.842. The van der Waals surface area contributed by atoms with Gasteiger partial charge in [0.15, 0.2) is 0 Å². The first-order valence-corrected chi connectivity index (χ1v) is 7.88. The van der Waals surface area contributed by atoms with Gasteiger partial charge in [0.2, 0.25) is 0 Å². The van der Waals surface area contributed by atoms with Crippen molar-refractivity contribution in [1.29, 1.82) is 0 Å². The van der Waals surface area contributed by atoms with E-state index in [4.69, 9.17) is 5.11 Å². The summed E-state index contributed by atoms with van der Waals surface area (Å²) >= 11 is 0. The van der Waals surface area contributed by atoms with E-state index in [1.165, 1.54) is 16.0 Å². The lowest BCUT2D eigenvalue weighted by atomic mass is 9.53. The Morgan fingerprint density at radius 2 is 2.09 bits per heavy atom. The lowest BCUT2D eigenvalue weighted by molar-refractivity contribution is -0.194. The zero-order valence-electron chi connectivity index (χ0n) is 12.5. The summed E-state index contributed by atoms with van der Waals surface area (Å²) in [5.74, 6) is 0.113. The second-order valence-corrected chi connectivity index (χ2v) is 7.03. The molecule has 1 aromatic carbocycles. The molecule has 0 radical (unpaired) electrons. The summed E-state index contributed by atoms with van der Waals surface area (Å²) in [7, 11) is 0. The van der Waals surface area contributed by atoms with Gasteiger partial charge >= 0.3 is 6.09 Å². The number of nitrogens with zero attached hydrogens (tertiary/aromatic N) is 3. The molecule has 6 nitrogen and oxygen atoms in total. The summed E-state index contributed by atoms with van der Waals surface area (Å²) in [5, 5.41) is 19.8. The second-order valence-electron chi connectivity index (χ2n) is 7.03. The van der Waals surface area contributed by atoms with Gasteiger partial charge in [-0.1, -0.05) is 24.3 Å². The molecule has 3 heterocycles. The third-order valence-electron chi connectivity index (χ3n) is 5.88. The number of aliphatic hydroxyl groups is 1. The molecule has 2 aliphatic heterocycles. The number of carbonyl (C=O) groups is 1. The van der Waals surface area contributed by atoms with E-state index in [0.29, 0.717) is 13.1 Å². The van der Waals surface area contributed by atoms with Crippen LogP contribution in [-0.4, -0.2) is 50.0 Å². The summed E-state index contributed by atoms with van der Waals surface area (Å²) in [6.45, 7) is 0.899. The monoisotopic (exact) mass is 311 g/mol. The zero-order chi connectivity index (χ0) is 15.8. The summed E-state index contributed by atoms with van der Waals surface area (Å²) in [5.41, 5.74) is 3.28. The predicted octanol–water partition coefficient (Wildman–Crippen LogP) is 1.81. The van der Waals surface area contributed by atoms with Crippen molar-refractivity contribution in [2.75, 3.05) is 13.1 Å². The van der Waals surface area contributed by atoms with Crippen LogP contribution in [0.3, 0.4) is 0 Å². The first-order chi connectivity index (χ1) is 11.1. The number of aliphatic hydroxyl groups excluding tert-OH is 1. The van der Waals surface area contributed by atoms with Gasteiger partial charge in [-0.3, -0.25) is 0 Å². The standard InChI is InChI=1S/C17H17N3O3/c21-15-12(5-17(15)7-19(8-17)16(22)23)14-11-4-2-1-3-10(11)13-6-18-9-20(13)14/h1-4,6,9,12,14-15,21H,5,7-8H2,(H,22,23). The molecule has 1 saturated carbocycles. The molecule has 3 atom stereocenters. The highest BCUT2D eigenvalue weighted by Crippen LogP contribution is 2.59. The van der Waals surface area contributed by atoms with Gasteiger partial charge in [-0.25, -0.2) is 9.78 Å². The van der Waals surface area contributed by atoms with Crippen molar-refractivity contribution in [2.24, 2.45) is 11.3 Å². The minimum Gasteiger partial charge on any atom is -0.465 e. The first kappa shape index (κ1) is 13.1. The molecular weight excluding hydrogens is 294 g/mol. The Bertz CT molecular complexity index is 809. The zero-order valence-corrected chi connectivity index (χ0v) is 12.5. The Hall–Kier alpha value is -2.34. The number of likely N-dealkylation sites (tertiary alicyclic amines) is 1. The van der Waals surface area contributed by atoms with Crippen LogP contribution in [0.1, 0.15) is 18.0 Å². The number of rotatable bonds is 1. The summed E-state index contributed by atoms with van der Waals surface area (Å²) in [6, 6.07) is 8.37. The van der Waals surface area contributed by atoms with Crippen molar-refractivity contribution in [3.05, 3.63) is 42.4 Å². The van der Waals surface area contributed by atoms with E-state index in [9.17, 15) is 9.90 Å². The van der Waals surface area contributed by atoms with Crippen molar-refractivity contribution in [1.82, 2.24) is 14.5 Å². The normalized spacial score (nSPS) is 29.6. The third-order valence-corrected chi connectivity index (χ3v) is 5.88. The maximum atomic E-state index is 11.0. The van der Waals surface area contributed by atoms with Crippen LogP contribution in [0.5, 0.6) is 0 Å². The Morgan fingerprint density at radius 3 is 2.83 bits per heavy atom. The number of imidazole rings is 1. The van der Waals surface area contributed by atoms with Gasteiger partial charge in [0, 0.05) is 30.0 Å². The predicted molar refractivity (Wildman–Crippen MR) is 81.9 cm³/mol. The van der Waals surface area contributed by atoms with Crippen molar-refractivity contribution < 1.29 is 15.0 Å². The molecule has 1 saturated heterocycles. The number of benzene rings is 1. The molecule has 118 valence electrons. The minimum atomic E-state index is -0.894. The molecule has 1 spiro atoms. The lowest BCUT2D eigenvalue weighted by Gasteiger charge is -2.62. The van der Waals surface area contributed by atoms with Crippen molar-refractivity contribution in [2.45, 2.75) is 18.6 Å². The second kappa shape index (κ2) is 4.14. The van der Waals surface area contributed by atoms with Gasteiger partial charge in [0.05, 0.1) is 30.4 Å². The molecule has 5 rings (SSSR count). The fraction of sp³-hybridized carbons (Fsp3) is 0.412. The SMILES string of the molecule is O=C(O)N1CC2(CC(C3c4ccccc4-c4cncn43)C2O)C1. The Morgan fingerprint density at radius 1 is 1.30 bits per heavy atom. The highest BCUT2D eigenvalue weighted by Gasteiger charge is 2.63. The minimum absolute atomic E-state index is 0.100. The van der Waals surface area contributed by atoms with Gasteiger partial charge in [0.1, 0.15) is 0 Å². The average molecular weight is 311 g/mol. The molecule has 0 bridgehead atoms. The van der Waals surface area contributed by atoms with Gasteiger partial charge in [-0.05, 0) is 12.0 Å². The summed E-state index contributed by atoms with van der Waals surface area (Å²) < 4.78 is 2.15. The maximum absolute atomic E-state index is 11.0. The number of carboxylic acid groups (broad SMARTS) is 1. The lowest BCUT2D eigenvalue weighted by Crippen LogP contribution is -2.71. The van der Waals surface area contributed by atoms with Crippen LogP contribution >= 0.6 is 0 Å². The highest BCUT2D eigenvalue weighted by atomic mass is 16.4. The van der Waals surface area contributed by atoms with Crippen molar-refractivity contribution in [3.8, 4) is 11.3 Å². The van der Waals surface area contributed by atoms with E-state index < -0.39 is 12.2 Å². The van der Waals surface area contributed by atoms with E-state index in [1.54, 1.807) is 0 Å². The number of amides is 1. The van der Waals surface area contributed by atoms with Crippen LogP contribution in [0.15, 0.2) is 36.8 Å². The number of fused-ring (bicyclic) bond motifs is 3. The molecule has 2 fully saturated rings. The van der Waals surface area contributed by atoms with E-state index in [2.05, 4.69) is 21.7 Å². The van der Waals surface area contributed by atoms with Crippen LogP contribution in [0.4, 0.5) is 4.79 Å².